The van der Waals surface area contributed by atoms with E-state index in [0.29, 0.717) is 26.3 Å². The van der Waals surface area contributed by atoms with Gasteiger partial charge in [0.15, 0.2) is 0 Å². The highest BCUT2D eigenvalue weighted by molar-refractivity contribution is 6.30. The Balaban J connectivity index is 2.46. The molecular formula is C10H18ClNO2. The van der Waals surface area contributed by atoms with Gasteiger partial charge in [-0.25, -0.2) is 0 Å². The van der Waals surface area contributed by atoms with Gasteiger partial charge in [0.25, 0.3) is 0 Å². The zero-order valence-corrected chi connectivity index (χ0v) is 9.59. The standard InChI is InChI=1S/C10H18ClNO2/c1-3-8(2)9(11)10(13)12-4-6-14-7-5-12/h8-9H,3-7H2,1-2H3. The summed E-state index contributed by atoms with van der Waals surface area (Å²) >= 11 is 6.08. The average Bonchev–Trinajstić information content (AvgIpc) is 2.27. The van der Waals surface area contributed by atoms with Gasteiger partial charge in [-0.15, -0.1) is 11.6 Å². The highest BCUT2D eigenvalue weighted by Crippen LogP contribution is 2.17. The average molecular weight is 220 g/mol. The SMILES string of the molecule is CCC(C)C(Cl)C(=O)N1CCOCC1. The second kappa shape index (κ2) is 5.56. The Labute approximate surface area is 90.4 Å². The topological polar surface area (TPSA) is 29.5 Å². The van der Waals surface area contributed by atoms with Crippen LogP contribution in [0.25, 0.3) is 0 Å². The van der Waals surface area contributed by atoms with E-state index < -0.39 is 0 Å². The zero-order valence-electron chi connectivity index (χ0n) is 8.83. The van der Waals surface area contributed by atoms with Crippen molar-refractivity contribution in [3.8, 4) is 0 Å². The van der Waals surface area contributed by atoms with E-state index in [1.54, 1.807) is 4.90 Å². The molecule has 1 rings (SSSR count). The predicted octanol–water partition coefficient (Wildman–Crippen LogP) is 1.50. The number of nitrogens with zero attached hydrogens (tertiary/aromatic N) is 1. The third kappa shape index (κ3) is 2.85. The lowest BCUT2D eigenvalue weighted by Gasteiger charge is -2.30. The van der Waals surface area contributed by atoms with E-state index in [9.17, 15) is 4.79 Å². The van der Waals surface area contributed by atoms with Gasteiger partial charge in [0.05, 0.1) is 13.2 Å². The Kier molecular flexibility index (Phi) is 4.69. The molecule has 4 heteroatoms. The maximum atomic E-state index is 11.8. The first-order chi connectivity index (χ1) is 6.66. The predicted molar refractivity (Wildman–Crippen MR) is 56.5 cm³/mol. The molecule has 0 aliphatic carbocycles. The molecular weight excluding hydrogens is 202 g/mol. The van der Waals surface area contributed by atoms with Crippen molar-refractivity contribution in [1.82, 2.24) is 4.90 Å². The van der Waals surface area contributed by atoms with E-state index in [2.05, 4.69) is 0 Å². The lowest BCUT2D eigenvalue weighted by Crippen LogP contribution is -2.45. The van der Waals surface area contributed by atoms with Crippen LogP contribution < -0.4 is 0 Å². The molecule has 14 heavy (non-hydrogen) atoms. The molecule has 2 unspecified atom stereocenters. The van der Waals surface area contributed by atoms with Gasteiger partial charge >= 0.3 is 0 Å². The molecule has 1 heterocycles. The molecule has 1 fully saturated rings. The Bertz CT molecular complexity index is 189. The van der Waals surface area contributed by atoms with Crippen molar-refractivity contribution >= 4 is 17.5 Å². The summed E-state index contributed by atoms with van der Waals surface area (Å²) in [7, 11) is 0. The van der Waals surface area contributed by atoms with Gasteiger partial charge < -0.3 is 9.64 Å². The van der Waals surface area contributed by atoms with Gasteiger partial charge in [0.1, 0.15) is 5.38 Å². The molecule has 0 aromatic rings. The van der Waals surface area contributed by atoms with Gasteiger partial charge in [-0.05, 0) is 5.92 Å². The summed E-state index contributed by atoms with van der Waals surface area (Å²) in [6.45, 7) is 6.69. The quantitative estimate of drug-likeness (QED) is 0.674. The Morgan fingerprint density at radius 1 is 1.50 bits per heavy atom. The van der Waals surface area contributed by atoms with Crippen LogP contribution >= 0.6 is 11.6 Å². The first-order valence-corrected chi connectivity index (χ1v) is 5.61. The van der Waals surface area contributed by atoms with Crippen LogP contribution in [-0.4, -0.2) is 42.5 Å². The number of carbonyl (C=O) groups excluding carboxylic acids is 1. The summed E-state index contributed by atoms with van der Waals surface area (Å²) in [5.41, 5.74) is 0. The smallest absolute Gasteiger partial charge is 0.241 e. The summed E-state index contributed by atoms with van der Waals surface area (Å²) < 4.78 is 5.18. The first-order valence-electron chi connectivity index (χ1n) is 5.17. The molecule has 1 aliphatic rings. The third-order valence-corrected chi connectivity index (χ3v) is 3.32. The summed E-state index contributed by atoms with van der Waals surface area (Å²) in [5, 5.41) is -0.377. The van der Waals surface area contributed by atoms with Crippen LogP contribution in [0.4, 0.5) is 0 Å². The lowest BCUT2D eigenvalue weighted by atomic mass is 10.0. The minimum atomic E-state index is -0.377. The molecule has 1 aliphatic heterocycles. The largest absolute Gasteiger partial charge is 0.378 e. The molecule has 0 radical (unpaired) electrons. The first kappa shape index (κ1) is 11.8. The lowest BCUT2D eigenvalue weighted by molar-refractivity contribution is -0.135. The highest BCUT2D eigenvalue weighted by atomic mass is 35.5. The number of rotatable bonds is 3. The minimum Gasteiger partial charge on any atom is -0.378 e. The van der Waals surface area contributed by atoms with Crippen LogP contribution in [0.1, 0.15) is 20.3 Å². The number of carbonyl (C=O) groups is 1. The normalized spacial score (nSPS) is 21.8. The Morgan fingerprint density at radius 3 is 2.57 bits per heavy atom. The minimum absolute atomic E-state index is 0.0596. The summed E-state index contributed by atoms with van der Waals surface area (Å²) in [5.74, 6) is 0.302. The van der Waals surface area contributed by atoms with Crippen LogP contribution in [0.3, 0.4) is 0 Å². The van der Waals surface area contributed by atoms with Crippen LogP contribution in [0.5, 0.6) is 0 Å². The summed E-state index contributed by atoms with van der Waals surface area (Å²) in [6, 6.07) is 0. The summed E-state index contributed by atoms with van der Waals surface area (Å²) in [6.07, 6.45) is 0.935. The number of hydrogen-bond donors (Lipinski definition) is 0. The molecule has 82 valence electrons. The second-order valence-electron chi connectivity index (χ2n) is 3.72. The third-order valence-electron chi connectivity index (χ3n) is 2.70. The van der Waals surface area contributed by atoms with E-state index >= 15 is 0 Å². The molecule has 0 aromatic carbocycles. The van der Waals surface area contributed by atoms with Crippen molar-refractivity contribution in [2.24, 2.45) is 5.92 Å². The summed E-state index contributed by atoms with van der Waals surface area (Å²) in [4.78, 5) is 13.6. The van der Waals surface area contributed by atoms with Crippen molar-refractivity contribution in [2.45, 2.75) is 25.6 Å². The number of halogens is 1. The van der Waals surface area contributed by atoms with E-state index in [0.717, 1.165) is 6.42 Å². The van der Waals surface area contributed by atoms with Crippen molar-refractivity contribution in [3.63, 3.8) is 0 Å². The molecule has 0 saturated carbocycles. The van der Waals surface area contributed by atoms with Crippen LogP contribution in [0, 0.1) is 5.92 Å². The number of amides is 1. The van der Waals surface area contributed by atoms with Crippen LogP contribution in [0.15, 0.2) is 0 Å². The molecule has 3 nitrogen and oxygen atoms in total. The molecule has 0 aromatic heterocycles. The fraction of sp³-hybridized carbons (Fsp3) is 0.900. The van der Waals surface area contributed by atoms with Gasteiger partial charge in [-0.2, -0.15) is 0 Å². The monoisotopic (exact) mass is 219 g/mol. The molecule has 0 N–H and O–H groups in total. The molecule has 1 amide bonds. The maximum Gasteiger partial charge on any atom is 0.241 e. The molecule has 0 bridgehead atoms. The van der Waals surface area contributed by atoms with Gasteiger partial charge in [-0.3, -0.25) is 4.79 Å². The fourth-order valence-electron chi connectivity index (χ4n) is 1.41. The zero-order chi connectivity index (χ0) is 10.6. The van der Waals surface area contributed by atoms with E-state index in [1.165, 1.54) is 0 Å². The number of hydrogen-bond acceptors (Lipinski definition) is 2. The van der Waals surface area contributed by atoms with E-state index in [-0.39, 0.29) is 17.2 Å². The highest BCUT2D eigenvalue weighted by Gasteiger charge is 2.27. The number of alkyl halides is 1. The van der Waals surface area contributed by atoms with Gasteiger partial charge in [0, 0.05) is 13.1 Å². The maximum absolute atomic E-state index is 11.8. The van der Waals surface area contributed by atoms with E-state index in [1.807, 2.05) is 13.8 Å². The number of morpholine rings is 1. The van der Waals surface area contributed by atoms with E-state index in [4.69, 9.17) is 16.3 Å². The van der Waals surface area contributed by atoms with Crippen LogP contribution in [-0.2, 0) is 9.53 Å². The van der Waals surface area contributed by atoms with Crippen molar-refractivity contribution in [3.05, 3.63) is 0 Å². The Hall–Kier alpha value is -0.280. The van der Waals surface area contributed by atoms with Crippen molar-refractivity contribution < 1.29 is 9.53 Å². The molecule has 0 spiro atoms. The fourth-order valence-corrected chi connectivity index (χ4v) is 1.72. The Morgan fingerprint density at radius 2 is 2.07 bits per heavy atom. The van der Waals surface area contributed by atoms with Gasteiger partial charge in [-0.1, -0.05) is 20.3 Å². The second-order valence-corrected chi connectivity index (χ2v) is 4.20. The molecule has 2 atom stereocenters. The number of ether oxygens (including phenoxy) is 1. The van der Waals surface area contributed by atoms with Crippen molar-refractivity contribution in [2.75, 3.05) is 26.3 Å². The molecule has 1 saturated heterocycles. The van der Waals surface area contributed by atoms with Gasteiger partial charge in [0.2, 0.25) is 5.91 Å². The van der Waals surface area contributed by atoms with Crippen LogP contribution in [0.2, 0.25) is 0 Å². The van der Waals surface area contributed by atoms with Crippen molar-refractivity contribution in [1.29, 1.82) is 0 Å².